The van der Waals surface area contributed by atoms with Gasteiger partial charge in [0.15, 0.2) is 0 Å². The summed E-state index contributed by atoms with van der Waals surface area (Å²) in [6, 6.07) is 15.2. The summed E-state index contributed by atoms with van der Waals surface area (Å²) in [6.07, 6.45) is 0. The first-order valence-electron chi connectivity index (χ1n) is 10.1. The van der Waals surface area contributed by atoms with Gasteiger partial charge in [-0.15, -0.1) is 0 Å². The Kier molecular flexibility index (Phi) is 6.11. The van der Waals surface area contributed by atoms with Gasteiger partial charge in [-0.2, -0.15) is 0 Å². The van der Waals surface area contributed by atoms with Crippen molar-refractivity contribution in [2.24, 2.45) is 0 Å². The predicted molar refractivity (Wildman–Crippen MR) is 117 cm³/mol. The van der Waals surface area contributed by atoms with Crippen molar-refractivity contribution >= 4 is 28.9 Å². The molecule has 2 fully saturated rings. The summed E-state index contributed by atoms with van der Waals surface area (Å²) in [5.74, 6) is 0.490. The molecule has 0 bridgehead atoms. The van der Waals surface area contributed by atoms with Crippen molar-refractivity contribution < 1.29 is 9.90 Å². The molecule has 2 aliphatic rings. The number of benzene rings is 2. The molecule has 0 aromatic heterocycles. The number of piperazine rings is 2. The highest BCUT2D eigenvalue weighted by molar-refractivity contribution is 6.30. The minimum absolute atomic E-state index is 0.214. The van der Waals surface area contributed by atoms with Crippen LogP contribution in [-0.4, -0.2) is 79.7 Å². The first-order valence-corrected chi connectivity index (χ1v) is 10.5. The molecule has 0 unspecified atom stereocenters. The fourth-order valence-corrected chi connectivity index (χ4v) is 4.19. The molecule has 2 aromatic rings. The maximum absolute atomic E-state index is 12.8. The zero-order chi connectivity index (χ0) is 20.2. The molecule has 1 amide bonds. The molecule has 7 heteroatoms. The second-order valence-corrected chi connectivity index (χ2v) is 8.06. The Balaban J connectivity index is 1.23. The SMILES string of the molecule is O=C(CN1CCN(c2cccc(Cl)c2)CC1)N1CCN(c2ccc(O)cc2)CC1. The lowest BCUT2D eigenvalue weighted by Crippen LogP contribution is -2.54. The molecule has 29 heavy (non-hydrogen) atoms. The third kappa shape index (κ3) is 4.95. The molecule has 2 saturated heterocycles. The van der Waals surface area contributed by atoms with Gasteiger partial charge in [0.05, 0.1) is 6.54 Å². The van der Waals surface area contributed by atoms with Gasteiger partial charge in [-0.3, -0.25) is 9.69 Å². The standard InChI is InChI=1S/C22H27ClN4O2/c23-18-2-1-3-20(16-18)26-10-8-24(9-11-26)17-22(29)27-14-12-25(13-15-27)19-4-6-21(28)7-5-19/h1-7,16,28H,8-15,17H2. The van der Waals surface area contributed by atoms with Crippen LogP contribution < -0.4 is 9.80 Å². The van der Waals surface area contributed by atoms with Gasteiger partial charge < -0.3 is 19.8 Å². The van der Waals surface area contributed by atoms with E-state index >= 15 is 0 Å². The van der Waals surface area contributed by atoms with E-state index in [1.54, 1.807) is 12.1 Å². The van der Waals surface area contributed by atoms with E-state index in [-0.39, 0.29) is 11.7 Å². The van der Waals surface area contributed by atoms with E-state index < -0.39 is 0 Å². The smallest absolute Gasteiger partial charge is 0.236 e. The van der Waals surface area contributed by atoms with Gasteiger partial charge in [0.2, 0.25) is 5.91 Å². The topological polar surface area (TPSA) is 50.3 Å². The van der Waals surface area contributed by atoms with Gasteiger partial charge in [0.25, 0.3) is 0 Å². The first kappa shape index (κ1) is 19.9. The normalized spacial score (nSPS) is 18.2. The van der Waals surface area contributed by atoms with Crippen LogP contribution in [0.4, 0.5) is 11.4 Å². The Morgan fingerprint density at radius 1 is 0.828 bits per heavy atom. The molecule has 1 N–H and O–H groups in total. The molecule has 2 heterocycles. The van der Waals surface area contributed by atoms with E-state index in [2.05, 4.69) is 20.8 Å². The van der Waals surface area contributed by atoms with Crippen molar-refractivity contribution in [3.8, 4) is 5.75 Å². The number of rotatable bonds is 4. The van der Waals surface area contributed by atoms with E-state index in [9.17, 15) is 9.90 Å². The molecule has 0 radical (unpaired) electrons. The number of amides is 1. The summed E-state index contributed by atoms with van der Waals surface area (Å²) in [4.78, 5) is 21.5. The van der Waals surface area contributed by atoms with E-state index in [1.807, 2.05) is 35.2 Å². The van der Waals surface area contributed by atoms with Gasteiger partial charge in [-0.05, 0) is 42.5 Å². The lowest BCUT2D eigenvalue weighted by molar-refractivity contribution is -0.132. The zero-order valence-corrected chi connectivity index (χ0v) is 17.3. The fraction of sp³-hybridized carbons (Fsp3) is 0.409. The number of halogens is 1. The van der Waals surface area contributed by atoms with Gasteiger partial charge in [0.1, 0.15) is 5.75 Å². The third-order valence-electron chi connectivity index (χ3n) is 5.75. The molecular formula is C22H27ClN4O2. The Morgan fingerprint density at radius 2 is 1.45 bits per heavy atom. The van der Waals surface area contributed by atoms with Crippen LogP contribution in [0.1, 0.15) is 0 Å². The lowest BCUT2D eigenvalue weighted by Gasteiger charge is -2.39. The van der Waals surface area contributed by atoms with E-state index in [0.717, 1.165) is 68.8 Å². The van der Waals surface area contributed by atoms with Crippen molar-refractivity contribution in [1.82, 2.24) is 9.80 Å². The molecule has 6 nitrogen and oxygen atoms in total. The van der Waals surface area contributed by atoms with Crippen LogP contribution in [0.25, 0.3) is 0 Å². The van der Waals surface area contributed by atoms with Crippen LogP contribution in [0, 0.1) is 0 Å². The largest absolute Gasteiger partial charge is 0.508 e. The quantitative estimate of drug-likeness (QED) is 0.833. The maximum atomic E-state index is 12.8. The van der Waals surface area contributed by atoms with Crippen LogP contribution in [0.15, 0.2) is 48.5 Å². The van der Waals surface area contributed by atoms with Crippen LogP contribution in [0.5, 0.6) is 5.75 Å². The van der Waals surface area contributed by atoms with Crippen molar-refractivity contribution in [1.29, 1.82) is 0 Å². The molecule has 2 aliphatic heterocycles. The molecule has 2 aromatic carbocycles. The lowest BCUT2D eigenvalue weighted by atomic mass is 10.2. The first-order chi connectivity index (χ1) is 14.1. The highest BCUT2D eigenvalue weighted by Gasteiger charge is 2.25. The number of anilines is 2. The average Bonchev–Trinajstić information content (AvgIpc) is 2.75. The predicted octanol–water partition coefficient (Wildman–Crippen LogP) is 2.52. The van der Waals surface area contributed by atoms with Gasteiger partial charge in [-0.1, -0.05) is 17.7 Å². The number of hydrogen-bond donors (Lipinski definition) is 1. The number of hydrogen-bond acceptors (Lipinski definition) is 5. The van der Waals surface area contributed by atoms with Gasteiger partial charge in [-0.25, -0.2) is 0 Å². The number of carbonyl (C=O) groups is 1. The van der Waals surface area contributed by atoms with Crippen LogP contribution >= 0.6 is 11.6 Å². The average molecular weight is 415 g/mol. The van der Waals surface area contributed by atoms with Gasteiger partial charge in [0, 0.05) is 68.8 Å². The summed E-state index contributed by atoms with van der Waals surface area (Å²) >= 11 is 6.10. The number of phenols is 1. The minimum Gasteiger partial charge on any atom is -0.508 e. The van der Waals surface area contributed by atoms with Crippen LogP contribution in [0.3, 0.4) is 0 Å². The van der Waals surface area contributed by atoms with Crippen LogP contribution in [-0.2, 0) is 4.79 Å². The Labute approximate surface area is 176 Å². The van der Waals surface area contributed by atoms with E-state index in [0.29, 0.717) is 6.54 Å². The van der Waals surface area contributed by atoms with Crippen molar-refractivity contribution in [3.63, 3.8) is 0 Å². The highest BCUT2D eigenvalue weighted by atomic mass is 35.5. The van der Waals surface area contributed by atoms with E-state index in [4.69, 9.17) is 11.6 Å². The van der Waals surface area contributed by atoms with Crippen LogP contribution in [0.2, 0.25) is 5.02 Å². The van der Waals surface area contributed by atoms with E-state index in [1.165, 1.54) is 0 Å². The third-order valence-corrected chi connectivity index (χ3v) is 5.99. The second kappa shape index (κ2) is 8.93. The summed E-state index contributed by atoms with van der Waals surface area (Å²) in [7, 11) is 0. The van der Waals surface area contributed by atoms with Gasteiger partial charge >= 0.3 is 0 Å². The monoisotopic (exact) mass is 414 g/mol. The minimum atomic E-state index is 0.214. The van der Waals surface area contributed by atoms with Crippen molar-refractivity contribution in [2.45, 2.75) is 0 Å². The summed E-state index contributed by atoms with van der Waals surface area (Å²) in [6.45, 7) is 7.17. The molecule has 0 spiro atoms. The van der Waals surface area contributed by atoms with Crippen molar-refractivity contribution in [3.05, 3.63) is 53.6 Å². The number of nitrogens with zero attached hydrogens (tertiary/aromatic N) is 4. The molecule has 154 valence electrons. The molecule has 4 rings (SSSR count). The maximum Gasteiger partial charge on any atom is 0.236 e. The molecular weight excluding hydrogens is 388 g/mol. The fourth-order valence-electron chi connectivity index (χ4n) is 4.01. The summed E-state index contributed by atoms with van der Waals surface area (Å²) in [5, 5.41) is 10.2. The molecule has 0 saturated carbocycles. The molecule has 0 atom stereocenters. The molecule has 0 aliphatic carbocycles. The summed E-state index contributed by atoms with van der Waals surface area (Å²) < 4.78 is 0. The van der Waals surface area contributed by atoms with Crippen molar-refractivity contribution in [2.75, 3.05) is 68.7 Å². The Hall–Kier alpha value is -2.44. The second-order valence-electron chi connectivity index (χ2n) is 7.63. The number of carbonyl (C=O) groups excluding carboxylic acids is 1. The Bertz CT molecular complexity index is 829. The number of phenolic OH excluding ortho intramolecular Hbond substituents is 1. The number of aromatic hydroxyl groups is 1. The Morgan fingerprint density at radius 3 is 2.10 bits per heavy atom. The summed E-state index contributed by atoms with van der Waals surface area (Å²) in [5.41, 5.74) is 2.24. The highest BCUT2D eigenvalue weighted by Crippen LogP contribution is 2.22. The zero-order valence-electron chi connectivity index (χ0n) is 16.5.